The van der Waals surface area contributed by atoms with Gasteiger partial charge in [-0.2, -0.15) is 0 Å². The quantitative estimate of drug-likeness (QED) is 0.795. The first-order chi connectivity index (χ1) is 10.8. The number of benzene rings is 1. The van der Waals surface area contributed by atoms with Gasteiger partial charge in [0.15, 0.2) is 4.96 Å². The molecule has 3 aromatic rings. The number of fused-ring (bicyclic) bond motifs is 3. The fraction of sp³-hybridized carbons (Fsp3) is 0.389. The summed E-state index contributed by atoms with van der Waals surface area (Å²) in [5, 5.41) is 0. The van der Waals surface area contributed by atoms with E-state index in [9.17, 15) is 0 Å². The van der Waals surface area contributed by atoms with E-state index in [0.29, 0.717) is 6.54 Å². The third-order valence-corrected chi connectivity index (χ3v) is 5.79. The summed E-state index contributed by atoms with van der Waals surface area (Å²) in [5.41, 5.74) is 12.3. The van der Waals surface area contributed by atoms with Crippen LogP contribution in [0.4, 0.5) is 0 Å². The van der Waals surface area contributed by atoms with Crippen LogP contribution in [0.5, 0.6) is 0 Å². The second-order valence-electron chi connectivity index (χ2n) is 5.96. The van der Waals surface area contributed by atoms with E-state index < -0.39 is 0 Å². The van der Waals surface area contributed by atoms with Crippen molar-refractivity contribution in [3.63, 3.8) is 0 Å². The zero-order valence-electron chi connectivity index (χ0n) is 12.9. The second-order valence-corrected chi connectivity index (χ2v) is 7.02. The molecule has 0 radical (unpaired) electrons. The van der Waals surface area contributed by atoms with Crippen LogP contribution in [0.1, 0.15) is 41.6 Å². The number of hydrogen-bond acceptors (Lipinski definition) is 3. The maximum Gasteiger partial charge on any atom is 0.194 e. The molecule has 1 aliphatic carbocycles. The smallest absolute Gasteiger partial charge is 0.194 e. The number of aryl methyl sites for hydroxylation is 3. The highest BCUT2D eigenvalue weighted by Gasteiger charge is 2.22. The largest absolute Gasteiger partial charge is 0.325 e. The Kier molecular flexibility index (Phi) is 3.51. The van der Waals surface area contributed by atoms with E-state index in [4.69, 9.17) is 10.7 Å². The summed E-state index contributed by atoms with van der Waals surface area (Å²) in [6.45, 7) is 2.72. The van der Waals surface area contributed by atoms with Gasteiger partial charge in [0.2, 0.25) is 0 Å². The molecular weight excluding hydrogens is 290 g/mol. The standard InChI is InChI=1S/C18H21N3S/c1-2-12-7-9-13(10-8-12)17-15(11-19)21-14-5-3-4-6-16(14)22-18(21)20-17/h7-10H,2-6,11,19H2,1H3. The summed E-state index contributed by atoms with van der Waals surface area (Å²) >= 11 is 1.85. The first-order valence-electron chi connectivity index (χ1n) is 8.13. The Hall–Kier alpha value is -1.65. The number of hydrogen-bond donors (Lipinski definition) is 1. The van der Waals surface area contributed by atoms with Crippen molar-refractivity contribution in [1.82, 2.24) is 9.38 Å². The summed E-state index contributed by atoms with van der Waals surface area (Å²) in [7, 11) is 0. The van der Waals surface area contributed by atoms with Gasteiger partial charge in [-0.05, 0) is 37.7 Å². The minimum absolute atomic E-state index is 0.537. The van der Waals surface area contributed by atoms with E-state index in [1.54, 1.807) is 0 Å². The molecule has 0 spiro atoms. The molecule has 1 aliphatic rings. The lowest BCUT2D eigenvalue weighted by Crippen LogP contribution is -2.08. The van der Waals surface area contributed by atoms with Gasteiger partial charge in [-0.15, -0.1) is 11.3 Å². The van der Waals surface area contributed by atoms with Gasteiger partial charge in [0.25, 0.3) is 0 Å². The molecule has 0 fully saturated rings. The zero-order valence-corrected chi connectivity index (χ0v) is 13.7. The van der Waals surface area contributed by atoms with Gasteiger partial charge >= 0.3 is 0 Å². The van der Waals surface area contributed by atoms with Gasteiger partial charge in [-0.25, -0.2) is 4.98 Å². The number of imidazole rings is 1. The highest BCUT2D eigenvalue weighted by Crippen LogP contribution is 2.34. The number of aromatic nitrogens is 2. The molecule has 3 nitrogen and oxygen atoms in total. The summed E-state index contributed by atoms with van der Waals surface area (Å²) in [5.74, 6) is 0. The molecule has 0 unspecified atom stereocenters. The molecule has 4 rings (SSSR count). The Morgan fingerprint density at radius 1 is 1.18 bits per heavy atom. The SMILES string of the molecule is CCc1ccc(-c2nc3sc4c(n3c2CN)CCCC4)cc1. The van der Waals surface area contributed by atoms with Gasteiger partial charge in [0.1, 0.15) is 0 Å². The molecule has 2 heterocycles. The van der Waals surface area contributed by atoms with Crippen molar-refractivity contribution in [2.75, 3.05) is 0 Å². The minimum Gasteiger partial charge on any atom is -0.325 e. The van der Waals surface area contributed by atoms with E-state index in [1.165, 1.54) is 46.7 Å². The molecule has 0 saturated heterocycles. The van der Waals surface area contributed by atoms with Crippen LogP contribution in [0.15, 0.2) is 24.3 Å². The number of nitrogens with zero attached hydrogens (tertiary/aromatic N) is 2. The van der Waals surface area contributed by atoms with E-state index >= 15 is 0 Å². The first-order valence-corrected chi connectivity index (χ1v) is 8.94. The topological polar surface area (TPSA) is 43.3 Å². The third kappa shape index (κ3) is 2.09. The van der Waals surface area contributed by atoms with Crippen LogP contribution in [-0.4, -0.2) is 9.38 Å². The minimum atomic E-state index is 0.537. The Balaban J connectivity index is 1.88. The number of rotatable bonds is 3. The van der Waals surface area contributed by atoms with Crippen LogP contribution >= 0.6 is 11.3 Å². The Labute approximate surface area is 134 Å². The summed E-state index contributed by atoms with van der Waals surface area (Å²) < 4.78 is 2.34. The lowest BCUT2D eigenvalue weighted by molar-refractivity contribution is 0.670. The maximum absolute atomic E-state index is 6.09. The molecule has 2 aromatic heterocycles. The Bertz CT molecular complexity index is 811. The molecule has 0 atom stereocenters. The fourth-order valence-electron chi connectivity index (χ4n) is 3.41. The highest BCUT2D eigenvalue weighted by atomic mass is 32.1. The Morgan fingerprint density at radius 3 is 2.68 bits per heavy atom. The molecule has 0 aliphatic heterocycles. The predicted molar refractivity (Wildman–Crippen MR) is 92.4 cm³/mol. The third-order valence-electron chi connectivity index (χ3n) is 4.64. The summed E-state index contributed by atoms with van der Waals surface area (Å²) in [6, 6.07) is 8.74. The predicted octanol–water partition coefficient (Wildman–Crippen LogP) is 3.96. The van der Waals surface area contributed by atoms with Crippen LogP contribution in [0.25, 0.3) is 16.2 Å². The van der Waals surface area contributed by atoms with Crippen molar-refractivity contribution in [2.24, 2.45) is 5.73 Å². The van der Waals surface area contributed by atoms with Crippen LogP contribution in [0, 0.1) is 0 Å². The van der Waals surface area contributed by atoms with E-state index in [1.807, 2.05) is 11.3 Å². The van der Waals surface area contributed by atoms with Gasteiger partial charge in [0.05, 0.1) is 11.4 Å². The zero-order chi connectivity index (χ0) is 15.1. The molecule has 0 saturated carbocycles. The normalized spacial score (nSPS) is 14.5. The van der Waals surface area contributed by atoms with Crippen LogP contribution in [0.3, 0.4) is 0 Å². The maximum atomic E-state index is 6.09. The molecule has 4 heteroatoms. The van der Waals surface area contributed by atoms with E-state index in [2.05, 4.69) is 35.6 Å². The van der Waals surface area contributed by atoms with E-state index in [0.717, 1.165) is 23.5 Å². The fourth-order valence-corrected chi connectivity index (χ4v) is 4.64. The van der Waals surface area contributed by atoms with Crippen molar-refractivity contribution in [3.05, 3.63) is 46.1 Å². The van der Waals surface area contributed by atoms with Crippen molar-refractivity contribution >= 4 is 16.3 Å². The van der Waals surface area contributed by atoms with Gasteiger partial charge in [-0.1, -0.05) is 31.2 Å². The molecule has 2 N–H and O–H groups in total. The van der Waals surface area contributed by atoms with Crippen LogP contribution in [-0.2, 0) is 25.8 Å². The second kappa shape index (κ2) is 5.52. The number of thiazole rings is 1. The summed E-state index contributed by atoms with van der Waals surface area (Å²) in [6.07, 6.45) is 6.01. The average Bonchev–Trinajstić information content (AvgIpc) is 3.10. The lowest BCUT2D eigenvalue weighted by atomic mass is 10.0. The van der Waals surface area contributed by atoms with Crippen LogP contribution in [0.2, 0.25) is 0 Å². The van der Waals surface area contributed by atoms with Crippen molar-refractivity contribution < 1.29 is 0 Å². The first kappa shape index (κ1) is 14.0. The van der Waals surface area contributed by atoms with Crippen LogP contribution < -0.4 is 5.73 Å². The highest BCUT2D eigenvalue weighted by molar-refractivity contribution is 7.17. The van der Waals surface area contributed by atoms with Gasteiger partial charge in [-0.3, -0.25) is 4.40 Å². The monoisotopic (exact) mass is 311 g/mol. The Morgan fingerprint density at radius 2 is 1.95 bits per heavy atom. The van der Waals surface area contributed by atoms with Crippen molar-refractivity contribution in [3.8, 4) is 11.3 Å². The molecule has 1 aromatic carbocycles. The molecule has 0 bridgehead atoms. The lowest BCUT2D eigenvalue weighted by Gasteiger charge is -2.12. The molecule has 0 amide bonds. The van der Waals surface area contributed by atoms with Gasteiger partial charge < -0.3 is 5.73 Å². The van der Waals surface area contributed by atoms with Crippen molar-refractivity contribution in [2.45, 2.75) is 45.6 Å². The average molecular weight is 311 g/mol. The molecular formula is C18H21N3S. The summed E-state index contributed by atoms with van der Waals surface area (Å²) in [4.78, 5) is 7.54. The number of nitrogens with two attached hydrogens (primary N) is 1. The van der Waals surface area contributed by atoms with Gasteiger partial charge in [0, 0.05) is 22.7 Å². The van der Waals surface area contributed by atoms with Crippen molar-refractivity contribution in [1.29, 1.82) is 0 Å². The molecule has 22 heavy (non-hydrogen) atoms. The molecule has 114 valence electrons. The van der Waals surface area contributed by atoms with E-state index in [-0.39, 0.29) is 0 Å².